The number of hydrogen-bond acceptors (Lipinski definition) is 6. The van der Waals surface area contributed by atoms with E-state index in [2.05, 4.69) is 38.3 Å². The fourth-order valence-electron chi connectivity index (χ4n) is 4.57. The van der Waals surface area contributed by atoms with Crippen molar-refractivity contribution in [2.45, 2.75) is 45.1 Å². The maximum atomic E-state index is 12.7. The van der Waals surface area contributed by atoms with Crippen molar-refractivity contribution in [1.29, 1.82) is 10.5 Å². The molecule has 170 valence electrons. The maximum absolute atomic E-state index is 12.7. The molecule has 9 heteroatoms. The van der Waals surface area contributed by atoms with Crippen molar-refractivity contribution < 1.29 is 9.53 Å². The Hall–Kier alpha value is -3.17. The summed E-state index contributed by atoms with van der Waals surface area (Å²) in [5.74, 6) is -0.349. The average Bonchev–Trinajstić information content (AvgIpc) is 3.25. The Morgan fingerprint density at radius 3 is 2.79 bits per heavy atom. The van der Waals surface area contributed by atoms with Gasteiger partial charge in [-0.25, -0.2) is 9.79 Å². The van der Waals surface area contributed by atoms with Crippen LogP contribution in [0.4, 0.5) is 10.6 Å². The van der Waals surface area contributed by atoms with Crippen LogP contribution < -0.4 is 0 Å². The van der Waals surface area contributed by atoms with E-state index in [1.165, 1.54) is 0 Å². The van der Waals surface area contributed by atoms with Gasteiger partial charge in [0, 0.05) is 40.7 Å². The second-order valence-corrected chi connectivity index (χ2v) is 10.2. The molecular formula is C24H25BrN6O2. The van der Waals surface area contributed by atoms with Crippen LogP contribution in [-0.2, 0) is 4.74 Å². The Balaban J connectivity index is 1.71. The first-order chi connectivity index (χ1) is 15.7. The van der Waals surface area contributed by atoms with Gasteiger partial charge in [-0.2, -0.15) is 15.6 Å². The van der Waals surface area contributed by atoms with Crippen LogP contribution in [-0.4, -0.2) is 45.6 Å². The molecule has 1 N–H and O–H groups in total. The van der Waals surface area contributed by atoms with E-state index < -0.39 is 11.5 Å². The number of rotatable bonds is 2. The van der Waals surface area contributed by atoms with Gasteiger partial charge >= 0.3 is 6.09 Å². The SMILES string of the molecule is CC(C)(C)OC(=O)N1CCCC(C2=Nc3[nH]ncc3C(c3cccc(C#N)c3Br)C2C#N)C1. The molecule has 3 atom stereocenters. The third-order valence-corrected chi connectivity index (χ3v) is 6.88. The number of aliphatic imine (C=N–C) groups is 1. The predicted octanol–water partition coefficient (Wildman–Crippen LogP) is 5.05. The number of fused-ring (bicyclic) bond motifs is 1. The zero-order valence-corrected chi connectivity index (χ0v) is 20.4. The molecule has 0 radical (unpaired) electrons. The number of aromatic nitrogens is 2. The lowest BCUT2D eigenvalue weighted by Gasteiger charge is -2.37. The van der Waals surface area contributed by atoms with Crippen molar-refractivity contribution in [3.8, 4) is 12.1 Å². The Morgan fingerprint density at radius 1 is 1.30 bits per heavy atom. The average molecular weight is 509 g/mol. The Bertz CT molecular complexity index is 1180. The fraction of sp³-hybridized carbons (Fsp3) is 0.458. The van der Waals surface area contributed by atoms with Crippen LogP contribution in [0, 0.1) is 34.5 Å². The van der Waals surface area contributed by atoms with Gasteiger partial charge in [-0.05, 0) is 61.2 Å². The number of nitriles is 2. The second-order valence-electron chi connectivity index (χ2n) is 9.38. The minimum atomic E-state index is -0.574. The number of ether oxygens (including phenoxy) is 1. The molecule has 3 heterocycles. The molecule has 0 aliphatic carbocycles. The van der Waals surface area contributed by atoms with Crippen molar-refractivity contribution >= 4 is 33.6 Å². The lowest BCUT2D eigenvalue weighted by molar-refractivity contribution is 0.0192. The lowest BCUT2D eigenvalue weighted by Crippen LogP contribution is -2.46. The minimum Gasteiger partial charge on any atom is -0.444 e. The number of H-pyrrole nitrogens is 1. The summed E-state index contributed by atoms with van der Waals surface area (Å²) in [4.78, 5) is 19.2. The standard InChI is InChI=1S/C24H25BrN6O2/c1-24(2,3)33-23(32)31-9-5-7-15(13-31)21-17(11-27)19(18-12-28-30-22(18)29-21)16-8-4-6-14(10-26)20(16)25/h4,6,8,12,15,17,19H,5,7,9,13H2,1-3H3,(H,28,30). The number of likely N-dealkylation sites (tertiary alicyclic amines) is 1. The van der Waals surface area contributed by atoms with E-state index in [4.69, 9.17) is 9.73 Å². The van der Waals surface area contributed by atoms with E-state index >= 15 is 0 Å². The quantitative estimate of drug-likeness (QED) is 0.608. The molecule has 2 aliphatic heterocycles. The van der Waals surface area contributed by atoms with Gasteiger partial charge in [-0.15, -0.1) is 0 Å². The van der Waals surface area contributed by atoms with E-state index in [9.17, 15) is 15.3 Å². The summed E-state index contributed by atoms with van der Waals surface area (Å²) in [7, 11) is 0. The maximum Gasteiger partial charge on any atom is 0.410 e. The summed E-state index contributed by atoms with van der Waals surface area (Å²) in [6.45, 7) is 6.61. The topological polar surface area (TPSA) is 118 Å². The highest BCUT2D eigenvalue weighted by Crippen LogP contribution is 2.46. The second kappa shape index (κ2) is 8.99. The molecule has 1 aromatic heterocycles. The normalized spacial score (nSPS) is 22.5. The van der Waals surface area contributed by atoms with Crippen LogP contribution in [0.5, 0.6) is 0 Å². The van der Waals surface area contributed by atoms with Gasteiger partial charge in [-0.3, -0.25) is 5.10 Å². The predicted molar refractivity (Wildman–Crippen MR) is 126 cm³/mol. The van der Waals surface area contributed by atoms with Gasteiger partial charge in [0.25, 0.3) is 0 Å². The van der Waals surface area contributed by atoms with E-state index in [0.717, 1.165) is 29.7 Å². The van der Waals surface area contributed by atoms with E-state index in [0.29, 0.717) is 28.9 Å². The highest BCUT2D eigenvalue weighted by Gasteiger charge is 2.41. The van der Waals surface area contributed by atoms with Crippen LogP contribution in [0.1, 0.15) is 56.2 Å². The molecule has 1 fully saturated rings. The third kappa shape index (κ3) is 4.51. The molecule has 8 nitrogen and oxygen atoms in total. The van der Waals surface area contributed by atoms with Crippen LogP contribution in [0.15, 0.2) is 33.9 Å². The molecule has 1 aromatic carbocycles. The first-order valence-corrected chi connectivity index (χ1v) is 11.7. The van der Waals surface area contributed by atoms with Crippen LogP contribution >= 0.6 is 15.9 Å². The molecule has 1 saturated heterocycles. The van der Waals surface area contributed by atoms with Crippen molar-refractivity contribution in [2.75, 3.05) is 13.1 Å². The number of benzene rings is 1. The number of carbonyl (C=O) groups excluding carboxylic acids is 1. The largest absolute Gasteiger partial charge is 0.444 e. The van der Waals surface area contributed by atoms with Crippen LogP contribution in [0.2, 0.25) is 0 Å². The van der Waals surface area contributed by atoms with Gasteiger partial charge in [-0.1, -0.05) is 12.1 Å². The molecule has 2 aromatic rings. The van der Waals surface area contributed by atoms with Gasteiger partial charge in [0.15, 0.2) is 5.82 Å². The summed E-state index contributed by atoms with van der Waals surface area (Å²) in [6.07, 6.45) is 2.98. The van der Waals surface area contributed by atoms with Crippen molar-refractivity contribution in [3.05, 3.63) is 45.6 Å². The number of carbonyl (C=O) groups is 1. The van der Waals surface area contributed by atoms with Gasteiger partial charge < -0.3 is 9.64 Å². The highest BCUT2D eigenvalue weighted by molar-refractivity contribution is 9.10. The zero-order valence-electron chi connectivity index (χ0n) is 18.8. The molecule has 0 saturated carbocycles. The number of nitrogens with one attached hydrogen (secondary N) is 1. The number of piperidine rings is 1. The minimum absolute atomic E-state index is 0.0761. The van der Waals surface area contributed by atoms with E-state index in [-0.39, 0.29) is 17.9 Å². The third-order valence-electron chi connectivity index (χ3n) is 5.99. The highest BCUT2D eigenvalue weighted by atomic mass is 79.9. The van der Waals surface area contributed by atoms with Crippen molar-refractivity contribution in [3.63, 3.8) is 0 Å². The first kappa shape index (κ1) is 23.0. The summed E-state index contributed by atoms with van der Waals surface area (Å²) < 4.78 is 6.24. The zero-order chi connectivity index (χ0) is 23.8. The van der Waals surface area contributed by atoms with E-state index in [1.54, 1.807) is 17.2 Å². The Morgan fingerprint density at radius 2 is 2.09 bits per heavy atom. The van der Waals surface area contributed by atoms with Crippen molar-refractivity contribution in [1.82, 2.24) is 15.1 Å². The number of hydrogen-bond donors (Lipinski definition) is 1. The molecule has 4 rings (SSSR count). The Labute approximate surface area is 201 Å². The Kier molecular flexibility index (Phi) is 6.27. The number of amides is 1. The fourth-order valence-corrected chi connectivity index (χ4v) is 5.17. The van der Waals surface area contributed by atoms with E-state index in [1.807, 2.05) is 32.9 Å². The van der Waals surface area contributed by atoms with Crippen LogP contribution in [0.3, 0.4) is 0 Å². The van der Waals surface area contributed by atoms with Gasteiger partial charge in [0.05, 0.1) is 23.7 Å². The molecule has 0 spiro atoms. The number of aromatic amines is 1. The van der Waals surface area contributed by atoms with Crippen LogP contribution in [0.25, 0.3) is 0 Å². The summed E-state index contributed by atoms with van der Waals surface area (Å²) >= 11 is 3.57. The molecular weight excluding hydrogens is 484 g/mol. The first-order valence-electron chi connectivity index (χ1n) is 10.9. The molecule has 2 aliphatic rings. The number of nitrogens with zero attached hydrogens (tertiary/aromatic N) is 5. The van der Waals surface area contributed by atoms with Gasteiger partial charge in [0.1, 0.15) is 11.7 Å². The molecule has 1 amide bonds. The lowest BCUT2D eigenvalue weighted by atomic mass is 9.73. The number of halogens is 1. The summed E-state index contributed by atoms with van der Waals surface area (Å²) in [6, 6.07) is 10.1. The molecule has 3 unspecified atom stereocenters. The summed E-state index contributed by atoms with van der Waals surface area (Å²) in [5.41, 5.74) is 2.33. The van der Waals surface area contributed by atoms with Gasteiger partial charge in [0.2, 0.25) is 0 Å². The monoisotopic (exact) mass is 508 g/mol. The smallest absolute Gasteiger partial charge is 0.410 e. The summed E-state index contributed by atoms with van der Waals surface area (Å²) in [5, 5.41) is 26.9. The molecule has 0 bridgehead atoms. The molecule has 33 heavy (non-hydrogen) atoms. The van der Waals surface area contributed by atoms with Crippen molar-refractivity contribution in [2.24, 2.45) is 16.8 Å².